The Balaban J connectivity index is 1.69. The summed E-state index contributed by atoms with van der Waals surface area (Å²) in [4.78, 5) is 38.4. The van der Waals surface area contributed by atoms with E-state index in [0.717, 1.165) is 41.8 Å². The number of hydrogen-bond acceptors (Lipinski definition) is 3. The van der Waals surface area contributed by atoms with Gasteiger partial charge in [0.1, 0.15) is 6.54 Å². The van der Waals surface area contributed by atoms with Gasteiger partial charge in [-0.25, -0.2) is 0 Å². The summed E-state index contributed by atoms with van der Waals surface area (Å²) in [5, 5.41) is 2.86. The van der Waals surface area contributed by atoms with Crippen molar-refractivity contribution in [2.24, 2.45) is 11.8 Å². The Morgan fingerprint density at radius 1 is 1.12 bits per heavy atom. The van der Waals surface area contributed by atoms with Gasteiger partial charge >= 0.3 is 0 Å². The van der Waals surface area contributed by atoms with Crippen LogP contribution in [0.5, 0.6) is 0 Å². The van der Waals surface area contributed by atoms with E-state index in [2.05, 4.69) is 19.2 Å². The monoisotopic (exact) mass is 328 g/mol. The molecule has 1 aromatic carbocycles. The van der Waals surface area contributed by atoms with Crippen LogP contribution >= 0.6 is 0 Å². The zero-order valence-corrected chi connectivity index (χ0v) is 14.2. The fourth-order valence-corrected chi connectivity index (χ4v) is 3.83. The van der Waals surface area contributed by atoms with E-state index in [1.54, 1.807) is 0 Å². The zero-order chi connectivity index (χ0) is 17.3. The predicted octanol–water partition coefficient (Wildman–Crippen LogP) is 2.92. The van der Waals surface area contributed by atoms with E-state index in [1.165, 1.54) is 0 Å². The number of benzene rings is 1. The van der Waals surface area contributed by atoms with Crippen molar-refractivity contribution < 1.29 is 14.4 Å². The van der Waals surface area contributed by atoms with Crippen LogP contribution in [0.4, 0.5) is 5.69 Å². The summed E-state index contributed by atoms with van der Waals surface area (Å²) >= 11 is 0. The second-order valence-corrected chi connectivity index (χ2v) is 7.05. The number of anilines is 1. The highest BCUT2D eigenvalue weighted by Crippen LogP contribution is 2.37. The number of fused-ring (bicyclic) bond motifs is 1. The normalized spacial score (nSPS) is 23.5. The summed E-state index contributed by atoms with van der Waals surface area (Å²) in [7, 11) is 0. The molecule has 1 saturated carbocycles. The van der Waals surface area contributed by atoms with E-state index in [4.69, 9.17) is 0 Å². The van der Waals surface area contributed by atoms with Crippen molar-refractivity contribution in [2.75, 3.05) is 11.9 Å². The van der Waals surface area contributed by atoms with Crippen LogP contribution in [0.1, 0.15) is 51.0 Å². The number of hydrogen-bond donors (Lipinski definition) is 1. The highest BCUT2D eigenvalue weighted by Gasteiger charge is 2.48. The van der Waals surface area contributed by atoms with E-state index in [-0.39, 0.29) is 42.0 Å². The van der Waals surface area contributed by atoms with Crippen LogP contribution in [-0.4, -0.2) is 29.2 Å². The van der Waals surface area contributed by atoms with Crippen LogP contribution in [-0.2, 0) is 14.4 Å². The molecule has 24 heavy (non-hydrogen) atoms. The lowest BCUT2D eigenvalue weighted by molar-refractivity contribution is -0.142. The Hall–Kier alpha value is -2.17. The third-order valence-electron chi connectivity index (χ3n) is 5.09. The van der Waals surface area contributed by atoms with Gasteiger partial charge in [-0.15, -0.1) is 0 Å². The lowest BCUT2D eigenvalue weighted by Crippen LogP contribution is -2.38. The molecule has 3 amide bonds. The van der Waals surface area contributed by atoms with E-state index >= 15 is 0 Å². The summed E-state index contributed by atoms with van der Waals surface area (Å²) in [5.74, 6) is -0.791. The number of rotatable bonds is 4. The minimum absolute atomic E-state index is 0.169. The van der Waals surface area contributed by atoms with Crippen LogP contribution in [0.2, 0.25) is 0 Å². The molecule has 2 atom stereocenters. The van der Waals surface area contributed by atoms with E-state index in [0.29, 0.717) is 0 Å². The first kappa shape index (κ1) is 16.7. The molecule has 0 aromatic heterocycles. The summed E-state index contributed by atoms with van der Waals surface area (Å²) in [5.41, 5.74) is 1.78. The van der Waals surface area contributed by atoms with Crippen LogP contribution < -0.4 is 5.32 Å². The van der Waals surface area contributed by atoms with Crippen molar-refractivity contribution in [3.05, 3.63) is 29.8 Å². The Labute approximate surface area is 142 Å². The molecule has 0 radical (unpaired) electrons. The molecule has 1 aliphatic heterocycles. The average Bonchev–Trinajstić information content (AvgIpc) is 2.80. The lowest BCUT2D eigenvalue weighted by atomic mass is 9.81. The molecule has 5 heteroatoms. The van der Waals surface area contributed by atoms with Crippen molar-refractivity contribution in [3.8, 4) is 0 Å². The van der Waals surface area contributed by atoms with Gasteiger partial charge < -0.3 is 5.32 Å². The molecular weight excluding hydrogens is 304 g/mol. The molecule has 1 aliphatic carbocycles. The maximum Gasteiger partial charge on any atom is 0.244 e. The largest absolute Gasteiger partial charge is 0.324 e. The summed E-state index contributed by atoms with van der Waals surface area (Å²) in [6, 6.07) is 7.62. The highest BCUT2D eigenvalue weighted by molar-refractivity contribution is 6.08. The van der Waals surface area contributed by atoms with Crippen molar-refractivity contribution in [1.82, 2.24) is 4.90 Å². The molecule has 1 saturated heterocycles. The number of likely N-dealkylation sites (tertiary alicyclic amines) is 1. The van der Waals surface area contributed by atoms with E-state index in [1.807, 2.05) is 24.3 Å². The van der Waals surface area contributed by atoms with Gasteiger partial charge in [0.25, 0.3) is 0 Å². The second-order valence-electron chi connectivity index (χ2n) is 7.05. The second kappa shape index (κ2) is 6.75. The Morgan fingerprint density at radius 2 is 1.71 bits per heavy atom. The SMILES string of the molecule is CC(C)c1ccccc1NC(=O)CN1C(=O)C2CCCCC2C1=O. The van der Waals surface area contributed by atoms with Crippen LogP contribution in [0.15, 0.2) is 24.3 Å². The van der Waals surface area contributed by atoms with Gasteiger partial charge in [0.15, 0.2) is 0 Å². The van der Waals surface area contributed by atoms with Crippen molar-refractivity contribution in [3.63, 3.8) is 0 Å². The molecule has 2 aliphatic rings. The first-order valence-electron chi connectivity index (χ1n) is 8.73. The van der Waals surface area contributed by atoms with Gasteiger partial charge in [0.05, 0.1) is 11.8 Å². The number of imide groups is 1. The summed E-state index contributed by atoms with van der Waals surface area (Å²) < 4.78 is 0. The third-order valence-corrected chi connectivity index (χ3v) is 5.09. The number of carbonyl (C=O) groups excluding carboxylic acids is 3. The molecule has 3 rings (SSSR count). The van der Waals surface area contributed by atoms with Gasteiger partial charge in [-0.1, -0.05) is 44.9 Å². The Bertz CT molecular complexity index is 644. The topological polar surface area (TPSA) is 66.5 Å². The first-order chi connectivity index (χ1) is 11.5. The van der Waals surface area contributed by atoms with E-state index < -0.39 is 0 Å². The van der Waals surface area contributed by atoms with Crippen molar-refractivity contribution in [2.45, 2.75) is 45.4 Å². The van der Waals surface area contributed by atoms with Gasteiger partial charge in [0, 0.05) is 5.69 Å². The fraction of sp³-hybridized carbons (Fsp3) is 0.526. The number of nitrogens with one attached hydrogen (secondary N) is 1. The third kappa shape index (κ3) is 3.07. The number of para-hydroxylation sites is 1. The minimum atomic E-state index is -0.316. The van der Waals surface area contributed by atoms with Crippen LogP contribution in [0.25, 0.3) is 0 Å². The maximum atomic E-state index is 12.4. The maximum absolute atomic E-state index is 12.4. The molecule has 2 fully saturated rings. The molecule has 128 valence electrons. The first-order valence-corrected chi connectivity index (χ1v) is 8.73. The average molecular weight is 328 g/mol. The highest BCUT2D eigenvalue weighted by atomic mass is 16.2. The summed E-state index contributed by atoms with van der Waals surface area (Å²) in [6.45, 7) is 3.93. The molecule has 5 nitrogen and oxygen atoms in total. The minimum Gasteiger partial charge on any atom is -0.324 e. The van der Waals surface area contributed by atoms with Gasteiger partial charge in [-0.3, -0.25) is 19.3 Å². The van der Waals surface area contributed by atoms with Crippen molar-refractivity contribution >= 4 is 23.4 Å². The molecule has 0 spiro atoms. The molecule has 0 bridgehead atoms. The van der Waals surface area contributed by atoms with Gasteiger partial charge in [0.2, 0.25) is 17.7 Å². The van der Waals surface area contributed by atoms with Crippen LogP contribution in [0.3, 0.4) is 0 Å². The Kier molecular flexibility index (Phi) is 4.69. The molecule has 1 aromatic rings. The summed E-state index contributed by atoms with van der Waals surface area (Å²) in [6.07, 6.45) is 3.51. The van der Waals surface area contributed by atoms with Crippen LogP contribution in [0, 0.1) is 11.8 Å². The zero-order valence-electron chi connectivity index (χ0n) is 14.2. The van der Waals surface area contributed by atoms with Crippen molar-refractivity contribution in [1.29, 1.82) is 0 Å². The molecular formula is C19H24N2O3. The van der Waals surface area contributed by atoms with Gasteiger partial charge in [-0.2, -0.15) is 0 Å². The number of amides is 3. The smallest absolute Gasteiger partial charge is 0.244 e. The fourth-order valence-electron chi connectivity index (χ4n) is 3.83. The molecule has 2 unspecified atom stereocenters. The van der Waals surface area contributed by atoms with E-state index in [9.17, 15) is 14.4 Å². The number of nitrogens with zero attached hydrogens (tertiary/aromatic N) is 1. The predicted molar refractivity (Wildman–Crippen MR) is 91.3 cm³/mol. The Morgan fingerprint density at radius 3 is 2.29 bits per heavy atom. The molecule has 1 N–H and O–H groups in total. The van der Waals surface area contributed by atoms with Gasteiger partial charge in [-0.05, 0) is 30.4 Å². The molecule has 1 heterocycles. The lowest BCUT2D eigenvalue weighted by Gasteiger charge is -2.19. The standard InChI is InChI=1S/C19H24N2O3/c1-12(2)13-7-5-6-10-16(13)20-17(22)11-21-18(23)14-8-3-4-9-15(14)19(21)24/h5-7,10,12,14-15H,3-4,8-9,11H2,1-2H3,(H,20,22). The number of carbonyl (C=O) groups is 3. The quantitative estimate of drug-likeness (QED) is 0.864.